The number of benzene rings is 2. The molecule has 0 saturated heterocycles. The van der Waals surface area contributed by atoms with Gasteiger partial charge in [0.05, 0.1) is 23.4 Å². The van der Waals surface area contributed by atoms with Crippen molar-refractivity contribution in [3.8, 4) is 17.1 Å². The predicted molar refractivity (Wildman–Crippen MR) is 96.7 cm³/mol. The Hall–Kier alpha value is -3.42. The van der Waals surface area contributed by atoms with Gasteiger partial charge in [0.25, 0.3) is 5.91 Å². The van der Waals surface area contributed by atoms with Crippen LogP contribution in [-0.2, 0) is 6.18 Å². The fourth-order valence-corrected chi connectivity index (χ4v) is 2.50. The van der Waals surface area contributed by atoms with E-state index < -0.39 is 23.2 Å². The van der Waals surface area contributed by atoms with E-state index in [1.807, 2.05) is 30.3 Å². The fraction of sp³-hybridized carbons (Fsp3) is 0.150. The largest absolute Gasteiger partial charge is 0.475 e. The van der Waals surface area contributed by atoms with Crippen LogP contribution in [0.25, 0.3) is 11.3 Å². The molecule has 28 heavy (non-hydrogen) atoms. The Bertz CT molecular complexity index is 929. The fourth-order valence-electron chi connectivity index (χ4n) is 2.50. The molecule has 144 valence electrons. The molecule has 0 fully saturated rings. The molecule has 0 unspecified atom stereocenters. The third-order valence-corrected chi connectivity index (χ3v) is 3.82. The van der Waals surface area contributed by atoms with Gasteiger partial charge in [-0.25, -0.2) is 0 Å². The summed E-state index contributed by atoms with van der Waals surface area (Å²) >= 11 is 0. The molecule has 0 radical (unpaired) electrons. The number of hydrogen-bond donors (Lipinski definition) is 1. The van der Waals surface area contributed by atoms with Crippen LogP contribution >= 0.6 is 0 Å². The van der Waals surface area contributed by atoms with Crippen LogP contribution in [0.3, 0.4) is 0 Å². The molecule has 0 atom stereocenters. The number of halogens is 3. The summed E-state index contributed by atoms with van der Waals surface area (Å²) < 4.78 is 44.2. The van der Waals surface area contributed by atoms with E-state index in [1.165, 1.54) is 12.1 Å². The molecule has 1 aromatic heterocycles. The van der Waals surface area contributed by atoms with Crippen molar-refractivity contribution in [2.45, 2.75) is 6.18 Å². The SMILES string of the molecule is O=C(NCCOc1ccc(-c2ccccc2)nn1)c1ccccc1C(F)(F)F. The van der Waals surface area contributed by atoms with Crippen LogP contribution in [0.5, 0.6) is 5.88 Å². The van der Waals surface area contributed by atoms with Gasteiger partial charge in [0.2, 0.25) is 5.88 Å². The first-order valence-electron chi connectivity index (χ1n) is 8.41. The molecule has 1 amide bonds. The quantitative estimate of drug-likeness (QED) is 0.650. The van der Waals surface area contributed by atoms with Crippen molar-refractivity contribution < 1.29 is 22.7 Å². The number of carbonyl (C=O) groups is 1. The molecular weight excluding hydrogens is 371 g/mol. The summed E-state index contributed by atoms with van der Waals surface area (Å²) in [5, 5.41) is 10.4. The van der Waals surface area contributed by atoms with E-state index in [-0.39, 0.29) is 19.0 Å². The van der Waals surface area contributed by atoms with Gasteiger partial charge in [0.1, 0.15) is 6.61 Å². The number of nitrogens with zero attached hydrogens (tertiary/aromatic N) is 2. The highest BCUT2D eigenvalue weighted by Gasteiger charge is 2.34. The molecule has 8 heteroatoms. The van der Waals surface area contributed by atoms with Gasteiger partial charge >= 0.3 is 6.18 Å². The summed E-state index contributed by atoms with van der Waals surface area (Å²) in [6.07, 6.45) is -4.60. The molecule has 0 saturated carbocycles. The minimum Gasteiger partial charge on any atom is -0.475 e. The lowest BCUT2D eigenvalue weighted by atomic mass is 10.1. The first kappa shape index (κ1) is 19.3. The smallest absolute Gasteiger partial charge is 0.417 e. The van der Waals surface area contributed by atoms with Crippen LogP contribution in [0.4, 0.5) is 13.2 Å². The van der Waals surface area contributed by atoms with Crippen LogP contribution < -0.4 is 10.1 Å². The van der Waals surface area contributed by atoms with E-state index in [0.29, 0.717) is 5.69 Å². The van der Waals surface area contributed by atoms with E-state index in [4.69, 9.17) is 4.74 Å². The Balaban J connectivity index is 1.52. The zero-order valence-electron chi connectivity index (χ0n) is 14.6. The second kappa shape index (κ2) is 8.51. The summed E-state index contributed by atoms with van der Waals surface area (Å²) in [6.45, 7) is 0.0619. The standard InChI is InChI=1S/C20H16F3N3O2/c21-20(22,23)16-9-5-4-8-15(16)19(27)24-12-13-28-18-11-10-17(25-26-18)14-6-2-1-3-7-14/h1-11H,12-13H2,(H,24,27). The number of aromatic nitrogens is 2. The van der Waals surface area contributed by atoms with Gasteiger partial charge in [-0.15, -0.1) is 10.2 Å². The van der Waals surface area contributed by atoms with Crippen molar-refractivity contribution in [2.75, 3.05) is 13.2 Å². The second-order valence-corrected chi connectivity index (χ2v) is 5.77. The van der Waals surface area contributed by atoms with Crippen molar-refractivity contribution in [3.63, 3.8) is 0 Å². The molecular formula is C20H16F3N3O2. The van der Waals surface area contributed by atoms with Crippen molar-refractivity contribution in [2.24, 2.45) is 0 Å². The van der Waals surface area contributed by atoms with Gasteiger partial charge in [-0.3, -0.25) is 4.79 Å². The van der Waals surface area contributed by atoms with E-state index in [1.54, 1.807) is 12.1 Å². The van der Waals surface area contributed by atoms with Gasteiger partial charge in [-0.1, -0.05) is 42.5 Å². The molecule has 3 aromatic rings. The average Bonchev–Trinajstić information content (AvgIpc) is 2.71. The Morgan fingerprint density at radius 1 is 0.929 bits per heavy atom. The monoisotopic (exact) mass is 387 g/mol. The van der Waals surface area contributed by atoms with Gasteiger partial charge in [-0.2, -0.15) is 13.2 Å². The van der Waals surface area contributed by atoms with E-state index in [9.17, 15) is 18.0 Å². The van der Waals surface area contributed by atoms with Crippen molar-refractivity contribution in [3.05, 3.63) is 77.9 Å². The minimum absolute atomic E-state index is 0.0210. The molecule has 0 aliphatic carbocycles. The molecule has 3 rings (SSSR count). The van der Waals surface area contributed by atoms with Crippen molar-refractivity contribution in [1.82, 2.24) is 15.5 Å². The van der Waals surface area contributed by atoms with Crippen molar-refractivity contribution in [1.29, 1.82) is 0 Å². The third-order valence-electron chi connectivity index (χ3n) is 3.82. The highest BCUT2D eigenvalue weighted by atomic mass is 19.4. The van der Waals surface area contributed by atoms with E-state index in [0.717, 1.165) is 17.7 Å². The molecule has 0 aliphatic rings. The molecule has 1 heterocycles. The zero-order chi connectivity index (χ0) is 20.0. The van der Waals surface area contributed by atoms with Crippen LogP contribution in [0.1, 0.15) is 15.9 Å². The molecule has 2 aromatic carbocycles. The Morgan fingerprint density at radius 2 is 1.64 bits per heavy atom. The maximum absolute atomic E-state index is 13.0. The lowest BCUT2D eigenvalue weighted by Gasteiger charge is -2.12. The maximum atomic E-state index is 13.0. The van der Waals surface area contributed by atoms with Crippen LogP contribution in [-0.4, -0.2) is 29.3 Å². The number of amides is 1. The topological polar surface area (TPSA) is 64.1 Å². The van der Waals surface area contributed by atoms with Gasteiger partial charge < -0.3 is 10.1 Å². The van der Waals surface area contributed by atoms with Crippen LogP contribution in [0.15, 0.2) is 66.7 Å². The highest BCUT2D eigenvalue weighted by Crippen LogP contribution is 2.31. The summed E-state index contributed by atoms with van der Waals surface area (Å²) in [7, 11) is 0. The van der Waals surface area contributed by atoms with Gasteiger partial charge in [-0.05, 0) is 18.2 Å². The van der Waals surface area contributed by atoms with Crippen LogP contribution in [0.2, 0.25) is 0 Å². The van der Waals surface area contributed by atoms with Gasteiger partial charge in [0, 0.05) is 11.6 Å². The van der Waals surface area contributed by atoms with Crippen LogP contribution in [0, 0.1) is 0 Å². The Labute approximate surface area is 159 Å². The normalized spacial score (nSPS) is 11.1. The number of nitrogens with one attached hydrogen (secondary N) is 1. The summed E-state index contributed by atoms with van der Waals surface area (Å²) in [4.78, 5) is 12.0. The number of carbonyl (C=O) groups excluding carboxylic acids is 1. The maximum Gasteiger partial charge on any atom is 0.417 e. The molecule has 0 bridgehead atoms. The Morgan fingerprint density at radius 3 is 2.32 bits per heavy atom. The first-order valence-corrected chi connectivity index (χ1v) is 8.41. The van der Waals surface area contributed by atoms with Gasteiger partial charge in [0.15, 0.2) is 0 Å². The number of ether oxygens (including phenoxy) is 1. The minimum atomic E-state index is -4.60. The van der Waals surface area contributed by atoms with E-state index in [2.05, 4.69) is 15.5 Å². The third kappa shape index (κ3) is 4.85. The second-order valence-electron chi connectivity index (χ2n) is 5.77. The number of alkyl halides is 3. The molecule has 0 aliphatic heterocycles. The molecule has 0 spiro atoms. The summed E-state index contributed by atoms with van der Waals surface area (Å²) in [6, 6.07) is 17.5. The lowest BCUT2D eigenvalue weighted by Crippen LogP contribution is -2.30. The Kier molecular flexibility index (Phi) is 5.88. The van der Waals surface area contributed by atoms with Crippen molar-refractivity contribution >= 4 is 5.91 Å². The molecule has 1 N–H and O–H groups in total. The number of rotatable bonds is 6. The summed E-state index contributed by atoms with van der Waals surface area (Å²) in [5.41, 5.74) is 0.194. The highest BCUT2D eigenvalue weighted by molar-refractivity contribution is 5.95. The lowest BCUT2D eigenvalue weighted by molar-refractivity contribution is -0.137. The first-order chi connectivity index (χ1) is 13.4. The van der Waals surface area contributed by atoms with E-state index >= 15 is 0 Å². The zero-order valence-corrected chi connectivity index (χ0v) is 14.6. The molecule has 5 nitrogen and oxygen atoms in total. The summed E-state index contributed by atoms with van der Waals surface area (Å²) in [5.74, 6) is -0.563. The average molecular weight is 387 g/mol. The number of hydrogen-bond acceptors (Lipinski definition) is 4. The predicted octanol–water partition coefficient (Wildman–Crippen LogP) is 3.97.